The molecule has 5 heteroatoms. The van der Waals surface area contributed by atoms with E-state index in [4.69, 9.17) is 11.6 Å². The summed E-state index contributed by atoms with van der Waals surface area (Å²) >= 11 is 5.68. The highest BCUT2D eigenvalue weighted by molar-refractivity contribution is 6.30. The van der Waals surface area contributed by atoms with E-state index < -0.39 is 5.82 Å². The minimum atomic E-state index is -0.470. The summed E-state index contributed by atoms with van der Waals surface area (Å²) in [6.45, 7) is 4.96. The molecule has 1 aromatic carbocycles. The van der Waals surface area contributed by atoms with Gasteiger partial charge >= 0.3 is 6.03 Å². The predicted molar refractivity (Wildman–Crippen MR) is 63.3 cm³/mol. The summed E-state index contributed by atoms with van der Waals surface area (Å²) in [6.07, 6.45) is 0. The van der Waals surface area contributed by atoms with Gasteiger partial charge < -0.3 is 10.2 Å². The number of nitrogens with zero attached hydrogens (tertiary/aromatic N) is 1. The second-order valence-electron chi connectivity index (χ2n) is 3.26. The molecule has 0 radical (unpaired) electrons. The highest BCUT2D eigenvalue weighted by Crippen LogP contribution is 2.18. The topological polar surface area (TPSA) is 32.3 Å². The van der Waals surface area contributed by atoms with E-state index in [9.17, 15) is 9.18 Å². The number of rotatable bonds is 3. The largest absolute Gasteiger partial charge is 0.325 e. The van der Waals surface area contributed by atoms with Crippen LogP contribution in [-0.2, 0) is 0 Å². The molecule has 0 spiro atoms. The fourth-order valence-corrected chi connectivity index (χ4v) is 1.56. The van der Waals surface area contributed by atoms with Crippen molar-refractivity contribution >= 4 is 23.3 Å². The molecule has 0 saturated carbocycles. The van der Waals surface area contributed by atoms with Crippen molar-refractivity contribution < 1.29 is 9.18 Å². The molecule has 1 aromatic rings. The number of hydrogen-bond acceptors (Lipinski definition) is 1. The lowest BCUT2D eigenvalue weighted by molar-refractivity contribution is 0.217. The summed E-state index contributed by atoms with van der Waals surface area (Å²) in [4.78, 5) is 13.2. The van der Waals surface area contributed by atoms with Crippen molar-refractivity contribution in [1.82, 2.24) is 4.90 Å². The van der Waals surface area contributed by atoms with Crippen molar-refractivity contribution in [2.45, 2.75) is 13.8 Å². The Bertz CT molecular complexity index is 360. The summed E-state index contributed by atoms with van der Waals surface area (Å²) in [5.74, 6) is -0.470. The molecule has 0 aliphatic rings. The predicted octanol–water partition coefficient (Wildman–Crippen LogP) is 3.35. The van der Waals surface area contributed by atoms with Crippen LogP contribution >= 0.6 is 11.6 Å². The lowest BCUT2D eigenvalue weighted by Gasteiger charge is -2.19. The third-order valence-corrected chi connectivity index (χ3v) is 2.38. The van der Waals surface area contributed by atoms with E-state index in [2.05, 4.69) is 5.32 Å². The Morgan fingerprint density at radius 2 is 2.00 bits per heavy atom. The molecule has 0 heterocycles. The Hall–Kier alpha value is -1.29. The molecule has 0 fully saturated rings. The van der Waals surface area contributed by atoms with Gasteiger partial charge in [0.15, 0.2) is 0 Å². The molecule has 0 saturated heterocycles. The Labute approximate surface area is 99.2 Å². The van der Waals surface area contributed by atoms with Gasteiger partial charge in [-0.25, -0.2) is 9.18 Å². The monoisotopic (exact) mass is 244 g/mol. The van der Waals surface area contributed by atoms with Crippen molar-refractivity contribution in [2.75, 3.05) is 18.4 Å². The van der Waals surface area contributed by atoms with Crippen LogP contribution in [0.4, 0.5) is 14.9 Å². The molecule has 0 aliphatic heterocycles. The molecule has 88 valence electrons. The third-order valence-electron chi connectivity index (χ3n) is 2.16. The first-order chi connectivity index (χ1) is 7.56. The van der Waals surface area contributed by atoms with Crippen molar-refractivity contribution in [1.29, 1.82) is 0 Å². The fourth-order valence-electron chi connectivity index (χ4n) is 1.34. The minimum absolute atomic E-state index is 0.258. The maximum atomic E-state index is 13.0. The third kappa shape index (κ3) is 3.38. The number of anilines is 1. The summed E-state index contributed by atoms with van der Waals surface area (Å²) in [6, 6.07) is 3.67. The maximum Gasteiger partial charge on any atom is 0.321 e. The molecule has 1 rings (SSSR count). The maximum absolute atomic E-state index is 13.0. The van der Waals surface area contributed by atoms with Crippen LogP contribution in [-0.4, -0.2) is 24.0 Å². The normalized spacial score (nSPS) is 10.0. The highest BCUT2D eigenvalue weighted by atomic mass is 35.5. The van der Waals surface area contributed by atoms with Gasteiger partial charge in [-0.3, -0.25) is 0 Å². The standard InChI is InChI=1S/C11H14ClFN2O/c1-3-15(4-2)11(16)14-10-6-8(12)5-9(13)7-10/h5-7H,3-4H2,1-2H3,(H,14,16). The van der Waals surface area contributed by atoms with Gasteiger partial charge in [0.1, 0.15) is 5.82 Å². The van der Waals surface area contributed by atoms with Gasteiger partial charge in [-0.15, -0.1) is 0 Å². The Kier molecular flexibility index (Phi) is 4.55. The first kappa shape index (κ1) is 12.8. The average Bonchev–Trinajstić information content (AvgIpc) is 2.17. The van der Waals surface area contributed by atoms with Gasteiger partial charge in [0.25, 0.3) is 0 Å². The molecule has 0 atom stereocenters. The molecule has 2 amide bonds. The summed E-state index contributed by atoms with van der Waals surface area (Å²) < 4.78 is 13.0. The van der Waals surface area contributed by atoms with Crippen molar-refractivity contribution in [3.05, 3.63) is 29.0 Å². The van der Waals surface area contributed by atoms with E-state index in [0.717, 1.165) is 0 Å². The van der Waals surface area contributed by atoms with Crippen molar-refractivity contribution in [3.8, 4) is 0 Å². The van der Waals surface area contributed by atoms with Crippen LogP contribution in [0.5, 0.6) is 0 Å². The average molecular weight is 245 g/mol. The minimum Gasteiger partial charge on any atom is -0.325 e. The number of nitrogens with one attached hydrogen (secondary N) is 1. The number of halogens is 2. The Morgan fingerprint density at radius 1 is 1.38 bits per heavy atom. The number of carbonyl (C=O) groups excluding carboxylic acids is 1. The van der Waals surface area contributed by atoms with Gasteiger partial charge in [0.2, 0.25) is 0 Å². The molecule has 3 nitrogen and oxygen atoms in total. The molecule has 1 N–H and O–H groups in total. The summed E-state index contributed by atoms with van der Waals surface area (Å²) in [5.41, 5.74) is 0.363. The van der Waals surface area contributed by atoms with Crippen LogP contribution in [0.3, 0.4) is 0 Å². The van der Waals surface area contributed by atoms with Crippen molar-refractivity contribution in [2.24, 2.45) is 0 Å². The van der Waals surface area contributed by atoms with E-state index in [1.54, 1.807) is 4.90 Å². The first-order valence-electron chi connectivity index (χ1n) is 5.08. The summed E-state index contributed by atoms with van der Waals surface area (Å²) in [7, 11) is 0. The number of benzene rings is 1. The quantitative estimate of drug-likeness (QED) is 0.869. The summed E-state index contributed by atoms with van der Waals surface area (Å²) in [5, 5.41) is 2.85. The number of amides is 2. The van der Waals surface area contributed by atoms with Gasteiger partial charge in [-0.1, -0.05) is 11.6 Å². The lowest BCUT2D eigenvalue weighted by Crippen LogP contribution is -2.34. The van der Waals surface area contributed by atoms with E-state index in [0.29, 0.717) is 18.8 Å². The number of hydrogen-bond donors (Lipinski definition) is 1. The van der Waals surface area contributed by atoms with Crippen LogP contribution in [0.1, 0.15) is 13.8 Å². The van der Waals surface area contributed by atoms with Crippen molar-refractivity contribution in [3.63, 3.8) is 0 Å². The van der Waals surface area contributed by atoms with E-state index >= 15 is 0 Å². The Balaban J connectivity index is 2.76. The molecular weight excluding hydrogens is 231 g/mol. The van der Waals surface area contributed by atoms with Gasteiger partial charge in [0.05, 0.1) is 0 Å². The first-order valence-corrected chi connectivity index (χ1v) is 5.46. The second-order valence-corrected chi connectivity index (χ2v) is 3.70. The lowest BCUT2D eigenvalue weighted by atomic mass is 10.3. The highest BCUT2D eigenvalue weighted by Gasteiger charge is 2.10. The van der Waals surface area contributed by atoms with E-state index in [1.165, 1.54) is 18.2 Å². The SMILES string of the molecule is CCN(CC)C(=O)Nc1cc(F)cc(Cl)c1. The van der Waals surface area contributed by atoms with Crippen LogP contribution in [0.2, 0.25) is 5.02 Å². The molecule has 0 aliphatic carbocycles. The van der Waals surface area contributed by atoms with Gasteiger partial charge in [-0.2, -0.15) is 0 Å². The van der Waals surface area contributed by atoms with Crippen LogP contribution in [0.25, 0.3) is 0 Å². The smallest absolute Gasteiger partial charge is 0.321 e. The van der Waals surface area contributed by atoms with E-state index in [1.807, 2.05) is 13.8 Å². The zero-order chi connectivity index (χ0) is 12.1. The van der Waals surface area contributed by atoms with Gasteiger partial charge in [0, 0.05) is 23.8 Å². The van der Waals surface area contributed by atoms with Crippen LogP contribution < -0.4 is 5.32 Å². The molecule has 16 heavy (non-hydrogen) atoms. The van der Waals surface area contributed by atoms with Crippen LogP contribution in [0.15, 0.2) is 18.2 Å². The second kappa shape index (κ2) is 5.70. The molecule has 0 aromatic heterocycles. The van der Waals surface area contributed by atoms with Crippen LogP contribution in [0, 0.1) is 5.82 Å². The molecular formula is C11H14ClFN2O. The zero-order valence-corrected chi connectivity index (χ0v) is 10.0. The van der Waals surface area contributed by atoms with Gasteiger partial charge in [-0.05, 0) is 32.0 Å². The molecule has 0 unspecified atom stereocenters. The fraction of sp³-hybridized carbons (Fsp3) is 0.364. The molecule has 0 bridgehead atoms. The van der Waals surface area contributed by atoms with E-state index in [-0.39, 0.29) is 11.1 Å². The Morgan fingerprint density at radius 3 is 2.50 bits per heavy atom. The zero-order valence-electron chi connectivity index (χ0n) is 9.26. The number of urea groups is 1. The number of carbonyl (C=O) groups is 1.